The molecule has 0 fully saturated rings. The molecule has 0 saturated heterocycles. The van der Waals surface area contributed by atoms with E-state index >= 15 is 0 Å². The molecule has 1 heterocycles. The monoisotopic (exact) mass is 445 g/mol. The molecule has 0 amide bonds. The van der Waals surface area contributed by atoms with Gasteiger partial charge in [-0.15, -0.1) is 0 Å². The Labute approximate surface area is 167 Å². The normalized spacial score (nSPS) is 10.4. The predicted octanol–water partition coefficient (Wildman–Crippen LogP) is 4.51. The Hall–Kier alpha value is -2.63. The molecule has 0 radical (unpaired) electrons. The van der Waals surface area contributed by atoms with Crippen LogP contribution in [0.15, 0.2) is 56.9 Å². The highest BCUT2D eigenvalue weighted by molar-refractivity contribution is 9.10. The van der Waals surface area contributed by atoms with Crippen molar-refractivity contribution in [3.05, 3.63) is 74.2 Å². The average Bonchev–Trinajstić information content (AvgIpc) is 2.67. The summed E-state index contributed by atoms with van der Waals surface area (Å²) in [5, 5.41) is 9.81. The van der Waals surface area contributed by atoms with E-state index in [2.05, 4.69) is 25.9 Å². The third kappa shape index (κ3) is 4.38. The Morgan fingerprint density at radius 2 is 2.04 bits per heavy atom. The average molecular weight is 446 g/mol. The van der Waals surface area contributed by atoms with Crippen molar-refractivity contribution in [2.45, 2.75) is 11.8 Å². The fourth-order valence-corrected chi connectivity index (χ4v) is 3.14. The van der Waals surface area contributed by atoms with Crippen LogP contribution in [-0.4, -0.2) is 16.2 Å². The van der Waals surface area contributed by atoms with Gasteiger partial charge in [0.05, 0.1) is 0 Å². The maximum Gasteiger partial charge on any atom is 0.270 e. The summed E-state index contributed by atoms with van der Waals surface area (Å²) in [6.07, 6.45) is 1.78. The van der Waals surface area contributed by atoms with Crippen LogP contribution in [0.5, 0.6) is 5.75 Å². The zero-order chi connectivity index (χ0) is 19.4. The van der Waals surface area contributed by atoms with E-state index in [4.69, 9.17) is 4.74 Å². The van der Waals surface area contributed by atoms with Gasteiger partial charge in [0.2, 0.25) is 0 Å². The number of ether oxygens (including phenoxy) is 1. The zero-order valence-electron chi connectivity index (χ0n) is 14.1. The van der Waals surface area contributed by atoms with E-state index in [1.165, 1.54) is 23.9 Å². The lowest BCUT2D eigenvalue weighted by molar-refractivity contribution is 0.307. The fraction of sp³-hybridized carbons (Fsp3) is 0.105. The van der Waals surface area contributed by atoms with E-state index in [-0.39, 0.29) is 23.7 Å². The van der Waals surface area contributed by atoms with Gasteiger partial charge in [-0.2, -0.15) is 5.26 Å². The second-order valence-corrected chi connectivity index (χ2v) is 7.18. The molecule has 3 rings (SSSR count). The maximum atomic E-state index is 13.1. The van der Waals surface area contributed by atoms with Gasteiger partial charge in [0.15, 0.2) is 5.16 Å². The zero-order valence-corrected chi connectivity index (χ0v) is 16.5. The summed E-state index contributed by atoms with van der Waals surface area (Å²) in [6, 6.07) is 13.2. The molecule has 136 valence electrons. The molecule has 1 aromatic heterocycles. The molecule has 3 aromatic rings. The summed E-state index contributed by atoms with van der Waals surface area (Å²) in [7, 11) is 0. The molecule has 0 saturated carbocycles. The van der Waals surface area contributed by atoms with Crippen LogP contribution < -0.4 is 10.3 Å². The van der Waals surface area contributed by atoms with E-state index in [0.717, 1.165) is 10.0 Å². The number of hydrogen-bond donors (Lipinski definition) is 1. The number of benzene rings is 2. The first kappa shape index (κ1) is 19.1. The largest absolute Gasteiger partial charge is 0.488 e. The molecule has 27 heavy (non-hydrogen) atoms. The quantitative estimate of drug-likeness (QED) is 0.461. The summed E-state index contributed by atoms with van der Waals surface area (Å²) < 4.78 is 19.7. The number of thioether (sulfide) groups is 1. The summed E-state index contributed by atoms with van der Waals surface area (Å²) >= 11 is 4.67. The molecular formula is C19H13BrFN3O2S. The second-order valence-electron chi connectivity index (χ2n) is 5.47. The number of rotatable bonds is 5. The van der Waals surface area contributed by atoms with Crippen LogP contribution in [0.25, 0.3) is 11.3 Å². The van der Waals surface area contributed by atoms with E-state index in [0.29, 0.717) is 16.5 Å². The second kappa shape index (κ2) is 8.37. The Kier molecular flexibility index (Phi) is 5.94. The molecule has 0 aliphatic heterocycles. The molecular weight excluding hydrogens is 433 g/mol. The highest BCUT2D eigenvalue weighted by atomic mass is 79.9. The molecule has 8 heteroatoms. The molecule has 0 aliphatic rings. The first-order valence-electron chi connectivity index (χ1n) is 7.77. The molecule has 0 atom stereocenters. The summed E-state index contributed by atoms with van der Waals surface area (Å²) in [5.41, 5.74) is 0.966. The summed E-state index contributed by atoms with van der Waals surface area (Å²) in [4.78, 5) is 19.2. The number of H-pyrrole nitrogens is 1. The van der Waals surface area contributed by atoms with Crippen LogP contribution in [0.2, 0.25) is 0 Å². The molecule has 0 aliphatic carbocycles. The van der Waals surface area contributed by atoms with Crippen molar-refractivity contribution in [1.29, 1.82) is 5.26 Å². The Balaban J connectivity index is 2.05. The fourth-order valence-electron chi connectivity index (χ4n) is 2.40. The third-order valence-electron chi connectivity index (χ3n) is 3.71. The van der Waals surface area contributed by atoms with Crippen LogP contribution in [-0.2, 0) is 6.61 Å². The van der Waals surface area contributed by atoms with Gasteiger partial charge in [-0.1, -0.05) is 39.8 Å². The predicted molar refractivity (Wildman–Crippen MR) is 105 cm³/mol. The third-order valence-corrected chi connectivity index (χ3v) is 4.78. The van der Waals surface area contributed by atoms with Crippen molar-refractivity contribution < 1.29 is 9.13 Å². The van der Waals surface area contributed by atoms with Gasteiger partial charge in [-0.25, -0.2) is 9.37 Å². The van der Waals surface area contributed by atoms with E-state index < -0.39 is 5.56 Å². The van der Waals surface area contributed by atoms with Crippen LogP contribution in [0.1, 0.15) is 11.1 Å². The molecule has 0 bridgehead atoms. The van der Waals surface area contributed by atoms with Crippen molar-refractivity contribution in [2.75, 3.05) is 6.26 Å². The van der Waals surface area contributed by atoms with Crippen molar-refractivity contribution in [2.24, 2.45) is 0 Å². The van der Waals surface area contributed by atoms with Crippen LogP contribution >= 0.6 is 27.7 Å². The Morgan fingerprint density at radius 3 is 2.70 bits per heavy atom. The van der Waals surface area contributed by atoms with Gasteiger partial charge in [0.25, 0.3) is 5.56 Å². The minimum Gasteiger partial charge on any atom is -0.488 e. The lowest BCUT2D eigenvalue weighted by Gasteiger charge is -2.13. The van der Waals surface area contributed by atoms with Crippen molar-refractivity contribution >= 4 is 27.7 Å². The van der Waals surface area contributed by atoms with Gasteiger partial charge in [0.1, 0.15) is 35.5 Å². The molecule has 0 unspecified atom stereocenters. The minimum atomic E-state index is -0.503. The highest BCUT2D eigenvalue weighted by Crippen LogP contribution is 2.33. The number of hydrogen-bond acceptors (Lipinski definition) is 5. The summed E-state index contributed by atoms with van der Waals surface area (Å²) in [6.45, 7) is 0.204. The topological polar surface area (TPSA) is 78.8 Å². The van der Waals surface area contributed by atoms with Gasteiger partial charge < -0.3 is 9.72 Å². The maximum absolute atomic E-state index is 13.1. The lowest BCUT2D eigenvalue weighted by Crippen LogP contribution is -2.15. The smallest absolute Gasteiger partial charge is 0.270 e. The lowest BCUT2D eigenvalue weighted by atomic mass is 10.1. The highest BCUT2D eigenvalue weighted by Gasteiger charge is 2.17. The van der Waals surface area contributed by atoms with E-state index in [1.807, 2.05) is 6.07 Å². The molecule has 0 spiro atoms. The van der Waals surface area contributed by atoms with Crippen LogP contribution in [0, 0.1) is 17.1 Å². The van der Waals surface area contributed by atoms with Gasteiger partial charge in [-0.05, 0) is 42.2 Å². The van der Waals surface area contributed by atoms with Crippen LogP contribution in [0.3, 0.4) is 0 Å². The first-order chi connectivity index (χ1) is 13.0. The van der Waals surface area contributed by atoms with Gasteiger partial charge in [0, 0.05) is 10.0 Å². The van der Waals surface area contributed by atoms with Crippen LogP contribution in [0.4, 0.5) is 4.39 Å². The van der Waals surface area contributed by atoms with Crippen molar-refractivity contribution in [3.8, 4) is 23.1 Å². The number of nitrogens with one attached hydrogen (secondary N) is 1. The number of halogens is 2. The molecule has 5 nitrogen and oxygen atoms in total. The number of aromatic nitrogens is 2. The van der Waals surface area contributed by atoms with E-state index in [1.54, 1.807) is 36.6 Å². The van der Waals surface area contributed by atoms with Crippen molar-refractivity contribution in [3.63, 3.8) is 0 Å². The molecule has 2 aromatic carbocycles. The Morgan fingerprint density at radius 1 is 1.30 bits per heavy atom. The van der Waals surface area contributed by atoms with E-state index in [9.17, 15) is 14.4 Å². The SMILES string of the molecule is CSc1nc(-c2cc(Br)ccc2OCc2ccc(F)cc2)c(C#N)c(=O)[nH]1. The molecule has 1 N–H and O–H groups in total. The van der Waals surface area contributed by atoms with Gasteiger partial charge in [-0.3, -0.25) is 4.79 Å². The van der Waals surface area contributed by atoms with Gasteiger partial charge >= 0.3 is 0 Å². The standard InChI is InChI=1S/C19H13BrFN3O2S/c1-27-19-23-17(15(9-22)18(25)24-19)14-8-12(20)4-7-16(14)26-10-11-2-5-13(21)6-3-11/h2-8H,10H2,1H3,(H,23,24,25). The first-order valence-corrected chi connectivity index (χ1v) is 9.79. The number of nitrogens with zero attached hydrogens (tertiary/aromatic N) is 2. The number of aromatic amines is 1. The van der Waals surface area contributed by atoms with Crippen molar-refractivity contribution in [1.82, 2.24) is 9.97 Å². The minimum absolute atomic E-state index is 0.0856. The Bertz CT molecular complexity index is 1080. The number of nitriles is 1. The summed E-state index contributed by atoms with van der Waals surface area (Å²) in [5.74, 6) is 0.142.